The van der Waals surface area contributed by atoms with Crippen LogP contribution in [0.4, 0.5) is 16.6 Å². The molecule has 11 nitrogen and oxygen atoms in total. The van der Waals surface area contributed by atoms with Gasteiger partial charge in [-0.05, 0) is 65.2 Å². The monoisotopic (exact) mass is 499 g/mol. The van der Waals surface area contributed by atoms with E-state index in [1.165, 1.54) is 25.7 Å². The normalized spacial score (nSPS) is 24.3. The van der Waals surface area contributed by atoms with E-state index in [-0.39, 0.29) is 12.1 Å². The largest absolute Gasteiger partial charge is 0.426 e. The first kappa shape index (κ1) is 25.0. The number of anilines is 2. The van der Waals surface area contributed by atoms with E-state index >= 15 is 0 Å². The Kier molecular flexibility index (Phi) is 7.76. The summed E-state index contributed by atoms with van der Waals surface area (Å²) in [5.41, 5.74) is 7.84. The van der Waals surface area contributed by atoms with Crippen LogP contribution in [0.25, 0.3) is 11.2 Å². The van der Waals surface area contributed by atoms with Crippen LogP contribution < -0.4 is 21.7 Å². The molecule has 198 valence electrons. The summed E-state index contributed by atoms with van der Waals surface area (Å²) in [4.78, 5) is 32.0. The first-order valence-electron chi connectivity index (χ1n) is 13.7. The molecule has 3 fully saturated rings. The van der Waals surface area contributed by atoms with Gasteiger partial charge in [-0.3, -0.25) is 0 Å². The van der Waals surface area contributed by atoms with Gasteiger partial charge in [0.25, 0.3) is 0 Å². The SMILES string of the molecule is CC(C)NC(=O)ON1CCC(Nc2nc(NC3CCC(N)CC3)nc3c2ncn3C2CCCC2)CC1. The first-order chi connectivity index (χ1) is 17.4. The summed E-state index contributed by atoms with van der Waals surface area (Å²) in [6.45, 7) is 5.17. The lowest BCUT2D eigenvalue weighted by Gasteiger charge is -2.31. The van der Waals surface area contributed by atoms with Crippen molar-refractivity contribution in [2.75, 3.05) is 23.7 Å². The summed E-state index contributed by atoms with van der Waals surface area (Å²) in [7, 11) is 0. The van der Waals surface area contributed by atoms with Gasteiger partial charge in [0.2, 0.25) is 5.95 Å². The highest BCUT2D eigenvalue weighted by Crippen LogP contribution is 2.33. The Hall–Kier alpha value is -2.66. The van der Waals surface area contributed by atoms with E-state index in [1.807, 2.05) is 20.2 Å². The number of nitrogens with two attached hydrogens (primary N) is 1. The van der Waals surface area contributed by atoms with E-state index in [2.05, 4.69) is 20.5 Å². The number of carbonyl (C=O) groups is 1. The Morgan fingerprint density at radius 1 is 1.00 bits per heavy atom. The third-order valence-corrected chi connectivity index (χ3v) is 7.66. The van der Waals surface area contributed by atoms with E-state index in [4.69, 9.17) is 25.5 Å². The smallest absolute Gasteiger partial charge is 0.365 e. The minimum absolute atomic E-state index is 0.0501. The number of fused-ring (bicyclic) bond motifs is 1. The number of amides is 1. The van der Waals surface area contributed by atoms with Crippen LogP contribution in [-0.4, -0.2) is 67.9 Å². The molecular formula is C25H41N9O2. The van der Waals surface area contributed by atoms with Crippen molar-refractivity contribution < 1.29 is 9.63 Å². The molecule has 3 heterocycles. The van der Waals surface area contributed by atoms with Gasteiger partial charge in [0, 0.05) is 43.3 Å². The average Bonchev–Trinajstić information content (AvgIpc) is 3.51. The molecule has 11 heteroatoms. The number of rotatable bonds is 7. The number of nitrogens with zero attached hydrogens (tertiary/aromatic N) is 5. The Morgan fingerprint density at radius 2 is 1.69 bits per heavy atom. The molecule has 0 bridgehead atoms. The van der Waals surface area contributed by atoms with Crippen molar-refractivity contribution in [2.24, 2.45) is 5.73 Å². The number of nitrogens with one attached hydrogen (secondary N) is 3. The highest BCUT2D eigenvalue weighted by Gasteiger charge is 2.27. The van der Waals surface area contributed by atoms with Crippen molar-refractivity contribution in [1.29, 1.82) is 0 Å². The molecule has 0 spiro atoms. The van der Waals surface area contributed by atoms with Crippen LogP contribution in [-0.2, 0) is 4.84 Å². The Balaban J connectivity index is 1.30. The van der Waals surface area contributed by atoms with Crippen molar-refractivity contribution in [3.8, 4) is 0 Å². The highest BCUT2D eigenvalue weighted by atomic mass is 16.7. The van der Waals surface area contributed by atoms with Gasteiger partial charge >= 0.3 is 6.09 Å². The van der Waals surface area contributed by atoms with Crippen LogP contribution in [0.5, 0.6) is 0 Å². The quantitative estimate of drug-likeness (QED) is 0.451. The standard InChI is InChI=1S/C25H41N9O2/c1-16(2)28-25(35)36-33-13-11-19(12-14-33)29-22-21-23(34(15-27-21)20-5-3-4-6-20)32-24(31-22)30-18-9-7-17(26)8-10-18/h15-20H,3-14,26H2,1-2H3,(H,28,35)(H2,29,30,31,32). The molecule has 3 aliphatic rings. The van der Waals surface area contributed by atoms with Gasteiger partial charge in [0.05, 0.1) is 6.33 Å². The van der Waals surface area contributed by atoms with Crippen molar-refractivity contribution >= 4 is 29.0 Å². The van der Waals surface area contributed by atoms with Gasteiger partial charge in [-0.1, -0.05) is 12.8 Å². The Labute approximate surface area is 212 Å². The van der Waals surface area contributed by atoms with Crippen LogP contribution in [0.2, 0.25) is 0 Å². The fourth-order valence-electron chi connectivity index (χ4n) is 5.64. The maximum absolute atomic E-state index is 11.9. The van der Waals surface area contributed by atoms with E-state index < -0.39 is 6.09 Å². The van der Waals surface area contributed by atoms with E-state index in [9.17, 15) is 4.79 Å². The van der Waals surface area contributed by atoms with Crippen LogP contribution >= 0.6 is 0 Å². The fraction of sp³-hybridized carbons (Fsp3) is 0.760. The molecule has 36 heavy (non-hydrogen) atoms. The van der Waals surface area contributed by atoms with Crippen molar-refractivity contribution in [3.05, 3.63) is 6.33 Å². The Bertz CT molecular complexity index is 1020. The predicted molar refractivity (Wildman–Crippen MR) is 140 cm³/mol. The number of imidazole rings is 1. The predicted octanol–water partition coefficient (Wildman–Crippen LogP) is 3.55. The molecule has 0 radical (unpaired) electrons. The molecule has 5 N–H and O–H groups in total. The zero-order valence-corrected chi connectivity index (χ0v) is 21.6. The minimum Gasteiger partial charge on any atom is -0.365 e. The number of carbonyl (C=O) groups excluding carboxylic acids is 1. The topological polar surface area (TPSA) is 135 Å². The summed E-state index contributed by atoms with van der Waals surface area (Å²) in [6, 6.07) is 1.37. The Morgan fingerprint density at radius 3 is 2.39 bits per heavy atom. The van der Waals surface area contributed by atoms with E-state index in [0.717, 1.165) is 55.5 Å². The second-order valence-corrected chi connectivity index (χ2v) is 10.9. The molecule has 5 rings (SSSR count). The average molecular weight is 500 g/mol. The highest BCUT2D eigenvalue weighted by molar-refractivity contribution is 5.84. The second-order valence-electron chi connectivity index (χ2n) is 10.9. The zero-order valence-electron chi connectivity index (χ0n) is 21.6. The lowest BCUT2D eigenvalue weighted by Crippen LogP contribution is -2.43. The molecular weight excluding hydrogens is 458 g/mol. The number of hydrogen-bond donors (Lipinski definition) is 4. The molecule has 0 aromatic carbocycles. The molecule has 2 aliphatic carbocycles. The van der Waals surface area contributed by atoms with Crippen molar-refractivity contribution in [1.82, 2.24) is 29.9 Å². The lowest BCUT2D eigenvalue weighted by molar-refractivity contribution is -0.112. The molecule has 1 amide bonds. The second kappa shape index (κ2) is 11.2. The van der Waals surface area contributed by atoms with Crippen LogP contribution in [0, 0.1) is 0 Å². The number of aromatic nitrogens is 4. The third kappa shape index (κ3) is 6.00. The maximum atomic E-state index is 11.9. The fourth-order valence-corrected chi connectivity index (χ4v) is 5.64. The van der Waals surface area contributed by atoms with Crippen molar-refractivity contribution in [2.45, 2.75) is 108 Å². The molecule has 2 aromatic heterocycles. The maximum Gasteiger partial charge on any atom is 0.426 e. The van der Waals surface area contributed by atoms with Gasteiger partial charge in [-0.15, -0.1) is 5.06 Å². The van der Waals surface area contributed by atoms with Gasteiger partial charge in [-0.2, -0.15) is 9.97 Å². The first-order valence-corrected chi connectivity index (χ1v) is 13.7. The van der Waals surface area contributed by atoms with E-state index in [0.29, 0.717) is 37.2 Å². The van der Waals surface area contributed by atoms with Crippen LogP contribution in [0.1, 0.15) is 84.1 Å². The summed E-state index contributed by atoms with van der Waals surface area (Å²) >= 11 is 0. The van der Waals surface area contributed by atoms with Gasteiger partial charge < -0.3 is 31.1 Å². The summed E-state index contributed by atoms with van der Waals surface area (Å²) in [5.74, 6) is 1.44. The molecule has 0 unspecified atom stereocenters. The van der Waals surface area contributed by atoms with Crippen molar-refractivity contribution in [3.63, 3.8) is 0 Å². The van der Waals surface area contributed by atoms with Crippen LogP contribution in [0.15, 0.2) is 6.33 Å². The summed E-state index contributed by atoms with van der Waals surface area (Å²) < 4.78 is 2.25. The molecule has 1 aliphatic heterocycles. The molecule has 1 saturated heterocycles. The minimum atomic E-state index is -0.397. The zero-order chi connectivity index (χ0) is 25.1. The molecule has 2 saturated carbocycles. The number of hydrogen-bond acceptors (Lipinski definition) is 9. The number of hydroxylamine groups is 2. The summed E-state index contributed by atoms with van der Waals surface area (Å²) in [6.07, 6.45) is 12.2. The number of piperidine rings is 1. The van der Waals surface area contributed by atoms with E-state index in [1.54, 1.807) is 5.06 Å². The van der Waals surface area contributed by atoms with Gasteiger partial charge in [0.15, 0.2) is 17.0 Å². The van der Waals surface area contributed by atoms with Gasteiger partial charge in [-0.25, -0.2) is 9.78 Å². The van der Waals surface area contributed by atoms with Crippen LogP contribution in [0.3, 0.4) is 0 Å². The third-order valence-electron chi connectivity index (χ3n) is 7.66. The molecule has 0 atom stereocenters. The molecule has 2 aromatic rings. The van der Waals surface area contributed by atoms with Gasteiger partial charge in [0.1, 0.15) is 0 Å². The lowest BCUT2D eigenvalue weighted by atomic mass is 9.92. The summed E-state index contributed by atoms with van der Waals surface area (Å²) in [5, 5.41) is 11.7.